The number of nitrogens with one attached hydrogen (secondary N) is 2. The van der Waals surface area contributed by atoms with Crippen molar-refractivity contribution < 1.29 is 19.5 Å². The van der Waals surface area contributed by atoms with Crippen molar-refractivity contribution in [3.8, 4) is 0 Å². The molecule has 0 bridgehead atoms. The molecule has 1 saturated heterocycles. The second-order valence-electron chi connectivity index (χ2n) is 4.23. The fourth-order valence-electron chi connectivity index (χ4n) is 1.22. The van der Waals surface area contributed by atoms with Crippen LogP contribution in [0.25, 0.3) is 0 Å². The van der Waals surface area contributed by atoms with Gasteiger partial charge in [0.1, 0.15) is 6.54 Å². The summed E-state index contributed by atoms with van der Waals surface area (Å²) in [6.45, 7) is 2.65. The summed E-state index contributed by atoms with van der Waals surface area (Å²) in [5.41, 5.74) is -0.768. The fourth-order valence-corrected chi connectivity index (χ4v) is 1.22. The molecule has 0 saturated carbocycles. The molecule has 0 radical (unpaired) electrons. The molecule has 0 unspecified atom stereocenters. The molecule has 7 heteroatoms. The molecule has 1 fully saturated rings. The monoisotopic (exact) mass is 229 g/mol. The molecule has 4 amide bonds. The molecular weight excluding hydrogens is 214 g/mol. The van der Waals surface area contributed by atoms with Crippen molar-refractivity contribution in [1.29, 1.82) is 0 Å². The lowest BCUT2D eigenvalue weighted by Gasteiger charge is -2.24. The molecule has 0 aromatic heterocycles. The van der Waals surface area contributed by atoms with Crippen LogP contribution in [0.2, 0.25) is 0 Å². The second-order valence-corrected chi connectivity index (χ2v) is 4.23. The zero-order valence-corrected chi connectivity index (χ0v) is 9.24. The van der Waals surface area contributed by atoms with Gasteiger partial charge >= 0.3 is 6.03 Å². The average molecular weight is 229 g/mol. The topological polar surface area (TPSA) is 98.7 Å². The van der Waals surface area contributed by atoms with Gasteiger partial charge in [0, 0.05) is 0 Å². The number of urea groups is 1. The Morgan fingerprint density at radius 1 is 1.56 bits per heavy atom. The van der Waals surface area contributed by atoms with Crippen LogP contribution in [0, 0.1) is 0 Å². The summed E-state index contributed by atoms with van der Waals surface area (Å²) < 4.78 is 0. The number of aliphatic hydroxyl groups is 1. The first-order chi connectivity index (χ1) is 7.35. The van der Waals surface area contributed by atoms with E-state index in [9.17, 15) is 14.4 Å². The zero-order valence-electron chi connectivity index (χ0n) is 9.24. The Morgan fingerprint density at radius 3 is 2.62 bits per heavy atom. The highest BCUT2D eigenvalue weighted by Crippen LogP contribution is 2.02. The number of carbonyl (C=O) groups is 3. The number of nitrogens with zero attached hydrogens (tertiary/aromatic N) is 1. The van der Waals surface area contributed by atoms with E-state index < -0.39 is 23.4 Å². The van der Waals surface area contributed by atoms with Gasteiger partial charge < -0.3 is 15.7 Å². The first kappa shape index (κ1) is 12.4. The molecule has 1 aliphatic rings. The number of rotatable bonds is 4. The Hall–Kier alpha value is -1.63. The summed E-state index contributed by atoms with van der Waals surface area (Å²) in [5, 5.41) is 13.8. The van der Waals surface area contributed by atoms with Gasteiger partial charge in [0.15, 0.2) is 0 Å². The first-order valence-corrected chi connectivity index (χ1v) is 4.86. The Morgan fingerprint density at radius 2 is 2.19 bits per heavy atom. The van der Waals surface area contributed by atoms with E-state index >= 15 is 0 Å². The van der Waals surface area contributed by atoms with Crippen LogP contribution in [0.4, 0.5) is 4.79 Å². The van der Waals surface area contributed by atoms with Crippen LogP contribution in [0.15, 0.2) is 0 Å². The third kappa shape index (κ3) is 2.93. The second kappa shape index (κ2) is 4.48. The van der Waals surface area contributed by atoms with Crippen molar-refractivity contribution in [3.05, 3.63) is 0 Å². The van der Waals surface area contributed by atoms with Gasteiger partial charge in [-0.15, -0.1) is 0 Å². The van der Waals surface area contributed by atoms with Gasteiger partial charge in [0.25, 0.3) is 5.91 Å². The van der Waals surface area contributed by atoms with E-state index in [2.05, 4.69) is 10.6 Å². The van der Waals surface area contributed by atoms with E-state index in [0.717, 1.165) is 4.90 Å². The summed E-state index contributed by atoms with van der Waals surface area (Å²) in [4.78, 5) is 34.6. The van der Waals surface area contributed by atoms with E-state index in [1.54, 1.807) is 13.8 Å². The van der Waals surface area contributed by atoms with Crippen molar-refractivity contribution in [1.82, 2.24) is 15.5 Å². The van der Waals surface area contributed by atoms with Gasteiger partial charge in [-0.25, -0.2) is 4.79 Å². The summed E-state index contributed by atoms with van der Waals surface area (Å²) in [7, 11) is 0. The fraction of sp³-hybridized carbons (Fsp3) is 0.667. The summed E-state index contributed by atoms with van der Waals surface area (Å²) in [6.07, 6.45) is 0. The zero-order chi connectivity index (χ0) is 12.3. The minimum Gasteiger partial charge on any atom is -0.394 e. The molecule has 3 N–H and O–H groups in total. The van der Waals surface area contributed by atoms with Gasteiger partial charge in [-0.2, -0.15) is 0 Å². The van der Waals surface area contributed by atoms with Crippen LogP contribution >= 0.6 is 0 Å². The molecule has 0 aliphatic carbocycles. The Labute approximate surface area is 92.8 Å². The highest BCUT2D eigenvalue weighted by Gasteiger charge is 2.31. The van der Waals surface area contributed by atoms with Crippen LogP contribution in [0.1, 0.15) is 13.8 Å². The first-order valence-electron chi connectivity index (χ1n) is 4.86. The molecule has 1 heterocycles. The quantitative estimate of drug-likeness (QED) is 0.507. The van der Waals surface area contributed by atoms with Crippen molar-refractivity contribution in [2.75, 3.05) is 19.7 Å². The SMILES string of the molecule is CC(C)(CO)NC(=O)CN1C(=O)CNC1=O. The van der Waals surface area contributed by atoms with Gasteiger partial charge in [0.2, 0.25) is 5.91 Å². The normalized spacial score (nSPS) is 16.3. The molecule has 1 aliphatic heterocycles. The number of amides is 4. The maximum Gasteiger partial charge on any atom is 0.325 e. The minimum absolute atomic E-state index is 0.0739. The largest absolute Gasteiger partial charge is 0.394 e. The molecule has 0 spiro atoms. The Kier molecular flexibility index (Phi) is 3.48. The van der Waals surface area contributed by atoms with Crippen LogP contribution in [0.5, 0.6) is 0 Å². The maximum absolute atomic E-state index is 11.5. The lowest BCUT2D eigenvalue weighted by molar-refractivity contribution is -0.131. The summed E-state index contributed by atoms with van der Waals surface area (Å²) in [6, 6.07) is -0.568. The number of aliphatic hydroxyl groups excluding tert-OH is 1. The van der Waals surface area contributed by atoms with Crippen molar-refractivity contribution >= 4 is 17.8 Å². The molecular formula is C9H15N3O4. The number of imide groups is 1. The predicted molar refractivity (Wildman–Crippen MR) is 54.4 cm³/mol. The number of hydrogen-bond donors (Lipinski definition) is 3. The van der Waals surface area contributed by atoms with E-state index in [1.807, 2.05) is 0 Å². The molecule has 0 atom stereocenters. The summed E-state index contributed by atoms with van der Waals surface area (Å²) >= 11 is 0. The molecule has 0 aromatic rings. The molecule has 7 nitrogen and oxygen atoms in total. The summed E-state index contributed by atoms with van der Waals surface area (Å²) in [5.74, 6) is -0.911. The van der Waals surface area contributed by atoms with Gasteiger partial charge in [-0.1, -0.05) is 0 Å². The predicted octanol–water partition coefficient (Wildman–Crippen LogP) is -1.57. The Bertz CT molecular complexity index is 311. The average Bonchev–Trinajstić information content (AvgIpc) is 2.49. The molecule has 90 valence electrons. The molecule has 16 heavy (non-hydrogen) atoms. The van der Waals surface area contributed by atoms with Crippen molar-refractivity contribution in [2.24, 2.45) is 0 Å². The minimum atomic E-state index is -0.768. The standard InChI is InChI=1S/C9H15N3O4/c1-9(2,5-13)11-6(14)4-12-7(15)3-10-8(12)16/h13H,3-5H2,1-2H3,(H,10,16)(H,11,14). The highest BCUT2D eigenvalue weighted by molar-refractivity contribution is 6.04. The third-order valence-corrected chi connectivity index (χ3v) is 2.11. The van der Waals surface area contributed by atoms with Crippen LogP contribution < -0.4 is 10.6 Å². The van der Waals surface area contributed by atoms with Gasteiger partial charge in [0.05, 0.1) is 18.7 Å². The maximum atomic E-state index is 11.5. The highest BCUT2D eigenvalue weighted by atomic mass is 16.3. The smallest absolute Gasteiger partial charge is 0.325 e. The lowest BCUT2D eigenvalue weighted by Crippen LogP contribution is -2.50. The lowest BCUT2D eigenvalue weighted by atomic mass is 10.1. The Balaban J connectivity index is 2.52. The van der Waals surface area contributed by atoms with Crippen LogP contribution in [-0.4, -0.2) is 53.1 Å². The van der Waals surface area contributed by atoms with Gasteiger partial charge in [-0.05, 0) is 13.8 Å². The van der Waals surface area contributed by atoms with Gasteiger partial charge in [-0.3, -0.25) is 14.5 Å². The number of hydrogen-bond acceptors (Lipinski definition) is 4. The van der Waals surface area contributed by atoms with Crippen LogP contribution in [-0.2, 0) is 9.59 Å². The van der Waals surface area contributed by atoms with E-state index in [0.29, 0.717) is 0 Å². The van der Waals surface area contributed by atoms with Crippen molar-refractivity contribution in [3.63, 3.8) is 0 Å². The third-order valence-electron chi connectivity index (χ3n) is 2.11. The van der Waals surface area contributed by atoms with E-state index in [1.165, 1.54) is 0 Å². The van der Waals surface area contributed by atoms with Crippen molar-refractivity contribution in [2.45, 2.75) is 19.4 Å². The molecule has 0 aromatic carbocycles. The van der Waals surface area contributed by atoms with Crippen LogP contribution in [0.3, 0.4) is 0 Å². The number of carbonyl (C=O) groups excluding carboxylic acids is 3. The van der Waals surface area contributed by atoms with E-state index in [4.69, 9.17) is 5.11 Å². The van der Waals surface area contributed by atoms with E-state index in [-0.39, 0.29) is 19.7 Å². The molecule has 1 rings (SSSR count).